The molecule has 0 N–H and O–H groups in total. The normalized spacial score (nSPS) is 10.9. The maximum atomic E-state index is 4.35. The van der Waals surface area contributed by atoms with E-state index in [1.807, 2.05) is 6.33 Å². The van der Waals surface area contributed by atoms with Crippen molar-refractivity contribution < 1.29 is 0 Å². The van der Waals surface area contributed by atoms with Crippen molar-refractivity contribution in [3.05, 3.63) is 52.1 Å². The number of aryl methyl sites for hydroxylation is 4. The van der Waals surface area contributed by atoms with Crippen LogP contribution in [0.5, 0.6) is 0 Å². The van der Waals surface area contributed by atoms with E-state index in [0.717, 1.165) is 12.2 Å². The molecule has 0 unspecified atom stereocenters. The number of benzene rings is 1. The molecule has 2 aromatic rings. The van der Waals surface area contributed by atoms with Gasteiger partial charge in [0.25, 0.3) is 0 Å². The molecule has 1 heterocycles. The highest BCUT2D eigenvalue weighted by atomic mass is 15.0. The summed E-state index contributed by atoms with van der Waals surface area (Å²) >= 11 is 0. The third-order valence-electron chi connectivity index (χ3n) is 3.51. The van der Waals surface area contributed by atoms with E-state index in [-0.39, 0.29) is 0 Å². The van der Waals surface area contributed by atoms with Gasteiger partial charge in [-0.3, -0.25) is 0 Å². The predicted octanol–water partition coefficient (Wildman–Crippen LogP) is 3.47. The van der Waals surface area contributed by atoms with Crippen molar-refractivity contribution in [1.29, 1.82) is 0 Å². The summed E-state index contributed by atoms with van der Waals surface area (Å²) in [5.74, 6) is 0. The Morgan fingerprint density at radius 1 is 1.00 bits per heavy atom. The van der Waals surface area contributed by atoms with Crippen molar-refractivity contribution in [2.75, 3.05) is 0 Å². The molecule has 1 aromatic heterocycles. The lowest BCUT2D eigenvalue weighted by molar-refractivity contribution is 0.759. The van der Waals surface area contributed by atoms with Crippen LogP contribution in [-0.4, -0.2) is 9.55 Å². The van der Waals surface area contributed by atoms with Crippen molar-refractivity contribution in [1.82, 2.24) is 9.55 Å². The van der Waals surface area contributed by atoms with Gasteiger partial charge in [-0.05, 0) is 51.3 Å². The van der Waals surface area contributed by atoms with Gasteiger partial charge in [-0.25, -0.2) is 4.98 Å². The van der Waals surface area contributed by atoms with Crippen LogP contribution >= 0.6 is 0 Å². The van der Waals surface area contributed by atoms with Crippen LogP contribution in [0, 0.1) is 34.6 Å². The molecule has 2 nitrogen and oxygen atoms in total. The first-order valence-corrected chi connectivity index (χ1v) is 6.04. The van der Waals surface area contributed by atoms with Gasteiger partial charge in [-0.1, -0.05) is 17.7 Å². The fraction of sp³-hybridized carbons (Fsp3) is 0.400. The van der Waals surface area contributed by atoms with E-state index < -0.39 is 0 Å². The van der Waals surface area contributed by atoms with Crippen LogP contribution in [0.2, 0.25) is 0 Å². The minimum Gasteiger partial charge on any atom is -0.330 e. The third kappa shape index (κ3) is 2.26. The van der Waals surface area contributed by atoms with Gasteiger partial charge in [0.2, 0.25) is 0 Å². The van der Waals surface area contributed by atoms with Crippen LogP contribution < -0.4 is 0 Å². The fourth-order valence-corrected chi connectivity index (χ4v) is 2.33. The van der Waals surface area contributed by atoms with Crippen molar-refractivity contribution >= 4 is 0 Å². The summed E-state index contributed by atoms with van der Waals surface area (Å²) in [4.78, 5) is 4.35. The lowest BCUT2D eigenvalue weighted by atomic mass is 10.00. The molecule has 0 spiro atoms. The smallest absolute Gasteiger partial charge is 0.0954 e. The van der Waals surface area contributed by atoms with E-state index in [2.05, 4.69) is 56.3 Å². The fourth-order valence-electron chi connectivity index (χ4n) is 2.33. The molecule has 90 valence electrons. The SMILES string of the molecule is Cc1cc(C)c(Cn2cnc(C)c2C)c(C)c1. The number of nitrogens with zero attached hydrogens (tertiary/aromatic N) is 2. The first-order valence-electron chi connectivity index (χ1n) is 6.04. The highest BCUT2D eigenvalue weighted by Gasteiger charge is 2.07. The minimum absolute atomic E-state index is 0.921. The Bertz CT molecular complexity index is 527. The molecule has 17 heavy (non-hydrogen) atoms. The summed E-state index contributed by atoms with van der Waals surface area (Å²) in [7, 11) is 0. The zero-order valence-corrected chi connectivity index (χ0v) is 11.3. The standard InChI is InChI=1S/C15H20N2/c1-10-6-11(2)15(12(3)7-10)8-17-9-16-13(4)14(17)5/h6-7,9H,8H2,1-5H3. The van der Waals surface area contributed by atoms with E-state index in [1.54, 1.807) is 0 Å². The van der Waals surface area contributed by atoms with Crippen molar-refractivity contribution in [2.45, 2.75) is 41.2 Å². The summed E-state index contributed by atoms with van der Waals surface area (Å²) in [6.07, 6.45) is 1.93. The van der Waals surface area contributed by atoms with E-state index in [9.17, 15) is 0 Å². The topological polar surface area (TPSA) is 17.8 Å². The molecule has 0 fully saturated rings. The third-order valence-corrected chi connectivity index (χ3v) is 3.51. The molecule has 0 aliphatic rings. The zero-order chi connectivity index (χ0) is 12.6. The van der Waals surface area contributed by atoms with E-state index >= 15 is 0 Å². The van der Waals surface area contributed by atoms with Crippen LogP contribution in [0.4, 0.5) is 0 Å². The molecule has 0 aliphatic heterocycles. The summed E-state index contributed by atoms with van der Waals surface area (Å²) in [6.45, 7) is 11.6. The molecule has 0 aliphatic carbocycles. The van der Waals surface area contributed by atoms with E-state index in [4.69, 9.17) is 0 Å². The summed E-state index contributed by atoms with van der Waals surface area (Å²) in [6, 6.07) is 4.50. The van der Waals surface area contributed by atoms with Crippen molar-refractivity contribution in [3.8, 4) is 0 Å². The predicted molar refractivity (Wildman–Crippen MR) is 71.5 cm³/mol. The zero-order valence-electron chi connectivity index (χ0n) is 11.3. The molecule has 1 aromatic carbocycles. The molecular formula is C15H20N2. The molecule has 2 rings (SSSR count). The largest absolute Gasteiger partial charge is 0.330 e. The maximum Gasteiger partial charge on any atom is 0.0954 e. The molecule has 0 bridgehead atoms. The second kappa shape index (κ2) is 4.36. The second-order valence-corrected chi connectivity index (χ2v) is 4.92. The highest BCUT2D eigenvalue weighted by molar-refractivity contribution is 5.37. The van der Waals surface area contributed by atoms with Gasteiger partial charge in [0.1, 0.15) is 0 Å². The van der Waals surface area contributed by atoms with Crippen molar-refractivity contribution in [3.63, 3.8) is 0 Å². The van der Waals surface area contributed by atoms with E-state index in [1.165, 1.54) is 27.9 Å². The van der Waals surface area contributed by atoms with Crippen LogP contribution in [-0.2, 0) is 6.54 Å². The molecule has 0 radical (unpaired) electrons. The first-order chi connectivity index (χ1) is 7.99. The molecule has 0 saturated heterocycles. The monoisotopic (exact) mass is 228 g/mol. The van der Waals surface area contributed by atoms with Crippen LogP contribution in [0.1, 0.15) is 33.6 Å². The van der Waals surface area contributed by atoms with Crippen molar-refractivity contribution in [2.24, 2.45) is 0 Å². The van der Waals surface area contributed by atoms with Gasteiger partial charge >= 0.3 is 0 Å². The average molecular weight is 228 g/mol. The number of imidazole rings is 1. The molecule has 2 heteroatoms. The number of aromatic nitrogens is 2. The van der Waals surface area contributed by atoms with Gasteiger partial charge in [0.15, 0.2) is 0 Å². The highest BCUT2D eigenvalue weighted by Crippen LogP contribution is 2.18. The van der Waals surface area contributed by atoms with Gasteiger partial charge in [0.05, 0.1) is 12.0 Å². The first kappa shape index (κ1) is 11.9. The number of rotatable bonds is 2. The Balaban J connectivity index is 2.40. The quantitative estimate of drug-likeness (QED) is 0.769. The number of hydrogen-bond donors (Lipinski definition) is 0. The Morgan fingerprint density at radius 2 is 1.59 bits per heavy atom. The maximum absolute atomic E-state index is 4.35. The van der Waals surface area contributed by atoms with Crippen LogP contribution in [0.25, 0.3) is 0 Å². The second-order valence-electron chi connectivity index (χ2n) is 4.92. The minimum atomic E-state index is 0.921. The van der Waals surface area contributed by atoms with Gasteiger partial charge < -0.3 is 4.57 Å². The lowest BCUT2D eigenvalue weighted by Gasteiger charge is -2.13. The molecule has 0 saturated carbocycles. The molecule has 0 atom stereocenters. The molecule has 0 amide bonds. The summed E-state index contributed by atoms with van der Waals surface area (Å²) < 4.78 is 2.22. The van der Waals surface area contributed by atoms with Gasteiger partial charge in [0, 0.05) is 12.2 Å². The lowest BCUT2D eigenvalue weighted by Crippen LogP contribution is -2.05. The van der Waals surface area contributed by atoms with Gasteiger partial charge in [-0.15, -0.1) is 0 Å². The summed E-state index contributed by atoms with van der Waals surface area (Å²) in [5, 5.41) is 0. The Kier molecular flexibility index (Phi) is 3.05. The summed E-state index contributed by atoms with van der Waals surface area (Å²) in [5.41, 5.74) is 7.86. The van der Waals surface area contributed by atoms with E-state index in [0.29, 0.717) is 0 Å². The Labute approximate surface area is 103 Å². The average Bonchev–Trinajstić information content (AvgIpc) is 2.54. The van der Waals surface area contributed by atoms with Crippen LogP contribution in [0.3, 0.4) is 0 Å². The Morgan fingerprint density at radius 3 is 2.06 bits per heavy atom. The number of hydrogen-bond acceptors (Lipinski definition) is 1. The Hall–Kier alpha value is -1.57. The van der Waals surface area contributed by atoms with Gasteiger partial charge in [-0.2, -0.15) is 0 Å². The van der Waals surface area contributed by atoms with Crippen LogP contribution in [0.15, 0.2) is 18.5 Å². The molecular weight excluding hydrogens is 208 g/mol.